The van der Waals surface area contributed by atoms with Crippen molar-refractivity contribution in [2.24, 2.45) is 0 Å². The molecule has 9 heteroatoms. The maximum absolute atomic E-state index is 13.2. The molecule has 29 heavy (non-hydrogen) atoms. The predicted octanol–water partition coefficient (Wildman–Crippen LogP) is 1.05. The third-order valence-corrected chi connectivity index (χ3v) is 4.97. The molecular weight excluding hydrogens is 376 g/mol. The van der Waals surface area contributed by atoms with Gasteiger partial charge in [0.15, 0.2) is 11.8 Å². The lowest BCUT2D eigenvalue weighted by Gasteiger charge is -2.29. The van der Waals surface area contributed by atoms with Gasteiger partial charge < -0.3 is 15.4 Å². The summed E-state index contributed by atoms with van der Waals surface area (Å²) in [5.74, 6) is -1.23. The number of rotatable bonds is 6. The molecule has 9 nitrogen and oxygen atoms in total. The summed E-state index contributed by atoms with van der Waals surface area (Å²) in [7, 11) is 0. The van der Waals surface area contributed by atoms with Crippen molar-refractivity contribution < 1.29 is 14.3 Å². The Kier molecular flexibility index (Phi) is 5.86. The fraction of sp³-hybridized carbons (Fsp3) is 0.400. The van der Waals surface area contributed by atoms with E-state index in [2.05, 4.69) is 4.98 Å². The second-order valence-electron chi connectivity index (χ2n) is 6.84. The molecule has 0 bridgehead atoms. The summed E-state index contributed by atoms with van der Waals surface area (Å²) in [6, 6.07) is 6.91. The van der Waals surface area contributed by atoms with Crippen LogP contribution in [0.5, 0.6) is 0 Å². The van der Waals surface area contributed by atoms with Crippen LogP contribution in [0.3, 0.4) is 0 Å². The highest BCUT2D eigenvalue weighted by Crippen LogP contribution is 2.24. The molecule has 0 aliphatic carbocycles. The summed E-state index contributed by atoms with van der Waals surface area (Å²) >= 11 is 0. The quantitative estimate of drug-likeness (QED) is 0.698. The first-order valence-electron chi connectivity index (χ1n) is 9.61. The van der Waals surface area contributed by atoms with E-state index in [1.54, 1.807) is 31.2 Å². The number of ether oxygens (including phenoxy) is 1. The molecule has 0 fully saturated rings. The standard InChI is InChI=1S/C20H24N4O5/c1-3-5-10-24-16(21)15(17(25)22-20(24)28)23(4-2)18(26)14-11-12-8-6-7-9-13(12)19(27)29-14/h6-9,14H,3-5,10-11,21H2,1-2H3,(H,22,25,28)/t14-/m1/s1. The van der Waals surface area contributed by atoms with E-state index >= 15 is 0 Å². The van der Waals surface area contributed by atoms with E-state index < -0.39 is 29.2 Å². The van der Waals surface area contributed by atoms with E-state index in [9.17, 15) is 19.2 Å². The number of H-pyrrole nitrogens is 1. The number of nitrogens with zero attached hydrogens (tertiary/aromatic N) is 2. The van der Waals surface area contributed by atoms with Crippen molar-refractivity contribution in [1.29, 1.82) is 0 Å². The smallest absolute Gasteiger partial charge is 0.339 e. The van der Waals surface area contributed by atoms with Crippen LogP contribution in [0.25, 0.3) is 0 Å². The van der Waals surface area contributed by atoms with Crippen molar-refractivity contribution in [2.75, 3.05) is 17.2 Å². The molecule has 1 aromatic carbocycles. The molecule has 1 amide bonds. The van der Waals surface area contributed by atoms with E-state index in [0.717, 1.165) is 6.42 Å². The Morgan fingerprint density at radius 3 is 2.69 bits per heavy atom. The highest BCUT2D eigenvalue weighted by Gasteiger charge is 2.35. The molecule has 3 N–H and O–H groups in total. The average Bonchev–Trinajstić information content (AvgIpc) is 2.70. The van der Waals surface area contributed by atoms with Crippen molar-refractivity contribution in [1.82, 2.24) is 9.55 Å². The molecule has 3 rings (SSSR count). The van der Waals surface area contributed by atoms with Gasteiger partial charge in [-0.25, -0.2) is 9.59 Å². The number of esters is 1. The van der Waals surface area contributed by atoms with E-state index in [4.69, 9.17) is 10.5 Å². The van der Waals surface area contributed by atoms with Gasteiger partial charge in [0.05, 0.1) is 5.56 Å². The zero-order valence-electron chi connectivity index (χ0n) is 16.4. The number of likely N-dealkylation sites (N-methyl/N-ethyl adjacent to an activating group) is 1. The Hall–Kier alpha value is -3.36. The number of aromatic nitrogens is 2. The number of cyclic esters (lactones) is 1. The maximum atomic E-state index is 13.2. The number of amides is 1. The number of fused-ring (bicyclic) bond motifs is 1. The minimum Gasteiger partial charge on any atom is -0.448 e. The molecule has 1 aliphatic rings. The third-order valence-electron chi connectivity index (χ3n) is 4.97. The molecule has 0 spiro atoms. The summed E-state index contributed by atoms with van der Waals surface area (Å²) in [6.45, 7) is 4.08. The van der Waals surface area contributed by atoms with Crippen molar-refractivity contribution in [3.05, 3.63) is 56.2 Å². The third kappa shape index (κ3) is 3.80. The van der Waals surface area contributed by atoms with Crippen molar-refractivity contribution in [2.45, 2.75) is 45.8 Å². The van der Waals surface area contributed by atoms with Gasteiger partial charge in [-0.3, -0.25) is 19.1 Å². The van der Waals surface area contributed by atoms with Crippen LogP contribution in [0.2, 0.25) is 0 Å². The molecule has 0 radical (unpaired) electrons. The molecule has 1 aromatic heterocycles. The number of benzene rings is 1. The van der Waals surface area contributed by atoms with Gasteiger partial charge >= 0.3 is 11.7 Å². The van der Waals surface area contributed by atoms with E-state index in [1.807, 2.05) is 6.92 Å². The lowest BCUT2D eigenvalue weighted by Crippen LogP contribution is -2.48. The van der Waals surface area contributed by atoms with Crippen molar-refractivity contribution in [3.8, 4) is 0 Å². The van der Waals surface area contributed by atoms with Gasteiger partial charge in [-0.15, -0.1) is 0 Å². The Labute approximate surface area is 167 Å². The van der Waals surface area contributed by atoms with Crippen molar-refractivity contribution >= 4 is 23.4 Å². The monoisotopic (exact) mass is 400 g/mol. The molecule has 154 valence electrons. The van der Waals surface area contributed by atoms with Crippen LogP contribution in [0.15, 0.2) is 33.9 Å². The first kappa shape index (κ1) is 20.4. The molecule has 0 saturated carbocycles. The summed E-state index contributed by atoms with van der Waals surface area (Å²) in [5.41, 5.74) is 5.76. The van der Waals surface area contributed by atoms with Gasteiger partial charge in [-0.05, 0) is 25.0 Å². The second kappa shape index (κ2) is 8.34. The Balaban J connectivity index is 1.98. The summed E-state index contributed by atoms with van der Waals surface area (Å²) in [5, 5.41) is 0. The minimum absolute atomic E-state index is 0.0788. The number of aromatic amines is 1. The fourth-order valence-electron chi connectivity index (χ4n) is 3.44. The van der Waals surface area contributed by atoms with Gasteiger partial charge in [0, 0.05) is 19.5 Å². The number of hydrogen-bond donors (Lipinski definition) is 2. The average molecular weight is 400 g/mol. The Bertz CT molecular complexity index is 1060. The molecule has 1 atom stereocenters. The number of hydrogen-bond acceptors (Lipinski definition) is 6. The van der Waals surface area contributed by atoms with Crippen LogP contribution in [0, 0.1) is 0 Å². The first-order valence-corrected chi connectivity index (χ1v) is 9.61. The minimum atomic E-state index is -1.08. The molecule has 2 heterocycles. The van der Waals surface area contributed by atoms with E-state index in [0.29, 0.717) is 24.1 Å². The van der Waals surface area contributed by atoms with Crippen LogP contribution in [-0.2, 0) is 22.5 Å². The van der Waals surface area contributed by atoms with Crippen LogP contribution < -0.4 is 21.9 Å². The Morgan fingerprint density at radius 1 is 1.28 bits per heavy atom. The highest BCUT2D eigenvalue weighted by atomic mass is 16.5. The number of nitrogens with one attached hydrogen (secondary N) is 1. The van der Waals surface area contributed by atoms with Gasteiger partial charge in [-0.1, -0.05) is 31.5 Å². The number of nitrogens with two attached hydrogens (primary N) is 1. The van der Waals surface area contributed by atoms with Gasteiger partial charge in [0.2, 0.25) is 0 Å². The number of nitrogen functional groups attached to an aromatic ring is 1. The van der Waals surface area contributed by atoms with E-state index in [1.165, 1.54) is 9.47 Å². The SMILES string of the molecule is CCCCn1c(N)c(N(CC)C(=O)[C@H]2Cc3ccccc3C(=O)O2)c(=O)[nH]c1=O. The van der Waals surface area contributed by atoms with Gasteiger partial charge in [0.1, 0.15) is 5.82 Å². The normalized spacial score (nSPS) is 15.5. The van der Waals surface area contributed by atoms with Crippen LogP contribution in [0.4, 0.5) is 11.5 Å². The number of carbonyl (C=O) groups excluding carboxylic acids is 2. The predicted molar refractivity (Wildman–Crippen MR) is 108 cm³/mol. The fourth-order valence-corrected chi connectivity index (χ4v) is 3.44. The van der Waals surface area contributed by atoms with Crippen LogP contribution in [-0.4, -0.2) is 34.1 Å². The summed E-state index contributed by atoms with van der Waals surface area (Å²) < 4.78 is 6.57. The molecule has 0 unspecified atom stereocenters. The van der Waals surface area contributed by atoms with Crippen LogP contribution >= 0.6 is 0 Å². The highest BCUT2D eigenvalue weighted by molar-refractivity contribution is 6.02. The molecular formula is C20H24N4O5. The molecule has 2 aromatic rings. The molecule has 1 aliphatic heterocycles. The lowest BCUT2D eigenvalue weighted by atomic mass is 9.98. The summed E-state index contributed by atoms with van der Waals surface area (Å²) in [4.78, 5) is 53.4. The zero-order valence-corrected chi connectivity index (χ0v) is 16.4. The van der Waals surface area contributed by atoms with Gasteiger partial charge in [-0.2, -0.15) is 0 Å². The largest absolute Gasteiger partial charge is 0.448 e. The zero-order chi connectivity index (χ0) is 21.1. The lowest BCUT2D eigenvalue weighted by molar-refractivity contribution is -0.127. The molecule has 0 saturated heterocycles. The first-order chi connectivity index (χ1) is 13.9. The number of anilines is 2. The number of unbranched alkanes of at least 4 members (excludes halogenated alkanes) is 1. The van der Waals surface area contributed by atoms with Crippen molar-refractivity contribution in [3.63, 3.8) is 0 Å². The van der Waals surface area contributed by atoms with Gasteiger partial charge in [0.25, 0.3) is 11.5 Å². The van der Waals surface area contributed by atoms with E-state index in [-0.39, 0.29) is 24.5 Å². The maximum Gasteiger partial charge on any atom is 0.339 e. The van der Waals surface area contributed by atoms with Crippen LogP contribution in [0.1, 0.15) is 42.6 Å². The topological polar surface area (TPSA) is 127 Å². The number of carbonyl (C=O) groups is 2. The summed E-state index contributed by atoms with van der Waals surface area (Å²) in [6.07, 6.45) is 0.637. The second-order valence-corrected chi connectivity index (χ2v) is 6.84. The Morgan fingerprint density at radius 2 is 2.00 bits per heavy atom.